The molecule has 3 fully saturated rings. The smallest absolute Gasteiger partial charge is 0.319 e. The number of halogens is 2. The molecule has 5 aromatic rings. The van der Waals surface area contributed by atoms with Crippen LogP contribution in [0, 0.1) is 18.6 Å². The van der Waals surface area contributed by atoms with Crippen molar-refractivity contribution in [2.75, 3.05) is 44.2 Å². The highest BCUT2D eigenvalue weighted by Gasteiger charge is 2.45. The Morgan fingerprint density at radius 3 is 2.49 bits per heavy atom. The van der Waals surface area contributed by atoms with Gasteiger partial charge in [-0.2, -0.15) is 9.97 Å². The average molecular weight is 664 g/mol. The fraction of sp³-hybridized carbons (Fsp3) is 0.421. The Bertz CT molecular complexity index is 2110. The van der Waals surface area contributed by atoms with Gasteiger partial charge in [-0.25, -0.2) is 8.78 Å². The lowest BCUT2D eigenvalue weighted by Gasteiger charge is -2.31. The third-order valence-electron chi connectivity index (χ3n) is 11.3. The molecule has 9 rings (SSSR count). The highest BCUT2D eigenvalue weighted by atomic mass is 19.1. The number of anilines is 1. The second kappa shape index (κ2) is 11.8. The van der Waals surface area contributed by atoms with Crippen LogP contribution in [0.5, 0.6) is 6.01 Å². The molecule has 252 valence electrons. The van der Waals surface area contributed by atoms with E-state index < -0.39 is 11.6 Å². The number of hydrogen-bond donors (Lipinski definition) is 0. The van der Waals surface area contributed by atoms with Crippen molar-refractivity contribution in [1.82, 2.24) is 29.3 Å². The van der Waals surface area contributed by atoms with Crippen molar-refractivity contribution in [2.45, 2.75) is 64.1 Å². The first-order valence-electron chi connectivity index (χ1n) is 17.5. The summed E-state index contributed by atoms with van der Waals surface area (Å²) in [5.41, 5.74) is 3.20. The number of hydrogen-bond acceptors (Lipinski definition) is 7. The molecule has 3 saturated heterocycles. The summed E-state index contributed by atoms with van der Waals surface area (Å²) in [6, 6.07) is 10.2. The minimum Gasteiger partial charge on any atom is -0.461 e. The maximum absolute atomic E-state index is 16.9. The van der Waals surface area contributed by atoms with E-state index in [1.807, 2.05) is 30.2 Å². The lowest BCUT2D eigenvalue weighted by atomic mass is 9.95. The monoisotopic (exact) mass is 663 g/mol. The first-order chi connectivity index (χ1) is 23.9. The molecule has 0 radical (unpaired) electrons. The Morgan fingerprint density at radius 2 is 1.71 bits per heavy atom. The number of carbonyl (C=O) groups excluding carboxylic acids is 1. The third-order valence-corrected chi connectivity index (χ3v) is 11.3. The summed E-state index contributed by atoms with van der Waals surface area (Å²) in [4.78, 5) is 34.1. The van der Waals surface area contributed by atoms with Crippen molar-refractivity contribution in [3.05, 3.63) is 77.2 Å². The van der Waals surface area contributed by atoms with E-state index in [0.717, 1.165) is 88.1 Å². The van der Waals surface area contributed by atoms with E-state index in [2.05, 4.69) is 19.4 Å². The summed E-state index contributed by atoms with van der Waals surface area (Å²) in [5.74, 6) is -0.456. The molecule has 0 bridgehead atoms. The fourth-order valence-corrected chi connectivity index (χ4v) is 8.56. The van der Waals surface area contributed by atoms with Gasteiger partial charge in [-0.05, 0) is 75.6 Å². The van der Waals surface area contributed by atoms with Crippen LogP contribution in [0.1, 0.15) is 60.1 Å². The maximum Gasteiger partial charge on any atom is 0.319 e. The largest absolute Gasteiger partial charge is 0.461 e. The Morgan fingerprint density at radius 1 is 0.939 bits per heavy atom. The Labute approximate surface area is 283 Å². The fourth-order valence-electron chi connectivity index (χ4n) is 8.56. The van der Waals surface area contributed by atoms with Gasteiger partial charge in [-0.1, -0.05) is 30.3 Å². The van der Waals surface area contributed by atoms with Crippen LogP contribution in [0.25, 0.3) is 32.9 Å². The van der Waals surface area contributed by atoms with Gasteiger partial charge in [0, 0.05) is 55.2 Å². The van der Waals surface area contributed by atoms with Gasteiger partial charge < -0.3 is 19.1 Å². The van der Waals surface area contributed by atoms with Crippen molar-refractivity contribution in [3.8, 4) is 17.3 Å². The van der Waals surface area contributed by atoms with Crippen molar-refractivity contribution >= 4 is 33.4 Å². The highest BCUT2D eigenvalue weighted by Crippen LogP contribution is 2.40. The van der Waals surface area contributed by atoms with Crippen molar-refractivity contribution in [2.24, 2.45) is 0 Å². The second-order valence-electron chi connectivity index (χ2n) is 14.1. The van der Waals surface area contributed by atoms with E-state index in [4.69, 9.17) is 14.7 Å². The molecule has 0 unspecified atom stereocenters. The van der Waals surface area contributed by atoms with Crippen LogP contribution >= 0.6 is 0 Å². The molecule has 4 aliphatic heterocycles. The van der Waals surface area contributed by atoms with E-state index in [0.29, 0.717) is 47.2 Å². The van der Waals surface area contributed by atoms with Gasteiger partial charge in [0.15, 0.2) is 5.82 Å². The zero-order valence-corrected chi connectivity index (χ0v) is 27.7. The predicted molar refractivity (Wildman–Crippen MR) is 184 cm³/mol. The summed E-state index contributed by atoms with van der Waals surface area (Å²) in [7, 11) is 0. The molecule has 11 heteroatoms. The number of ether oxygens (including phenoxy) is 1. The zero-order valence-electron chi connectivity index (χ0n) is 27.7. The number of pyridine rings is 1. The van der Waals surface area contributed by atoms with E-state index in [1.165, 1.54) is 6.07 Å². The van der Waals surface area contributed by atoms with Crippen LogP contribution in [0.2, 0.25) is 0 Å². The molecule has 0 spiro atoms. The van der Waals surface area contributed by atoms with Crippen molar-refractivity contribution in [1.29, 1.82) is 0 Å². The maximum atomic E-state index is 16.9. The van der Waals surface area contributed by atoms with Crippen LogP contribution in [0.4, 0.5) is 14.6 Å². The first-order valence-corrected chi connectivity index (χ1v) is 17.5. The minimum absolute atomic E-state index is 0.0323. The van der Waals surface area contributed by atoms with Gasteiger partial charge in [0.1, 0.15) is 29.5 Å². The van der Waals surface area contributed by atoms with E-state index >= 15 is 8.78 Å². The summed E-state index contributed by atoms with van der Waals surface area (Å²) >= 11 is 0. The number of carbonyl (C=O) groups is 1. The SMILES string of the molecule is Cc1c(C(=O)N2CCC2)cn2c1CN(c1nc(OCC34CCCN3CCC4)nc3c(F)c(-c4cccc5cccc(F)c45)ncc13)CCC2. The summed E-state index contributed by atoms with van der Waals surface area (Å²) in [6.45, 7) is 8.08. The van der Waals surface area contributed by atoms with Gasteiger partial charge in [-0.3, -0.25) is 14.7 Å². The topological polar surface area (TPSA) is 79.6 Å². The number of aryl methyl sites for hydroxylation is 1. The number of rotatable bonds is 6. The number of fused-ring (bicyclic) bond motifs is 4. The third kappa shape index (κ3) is 4.95. The molecule has 1 amide bonds. The number of likely N-dealkylation sites (tertiary alicyclic amines) is 1. The molecule has 0 N–H and O–H groups in total. The van der Waals surface area contributed by atoms with E-state index in [9.17, 15) is 4.79 Å². The molecule has 0 atom stereocenters. The predicted octanol–water partition coefficient (Wildman–Crippen LogP) is 6.50. The number of benzene rings is 2. The summed E-state index contributed by atoms with van der Waals surface area (Å²) < 4.78 is 40.7. The molecule has 0 saturated carbocycles. The lowest BCUT2D eigenvalue weighted by Crippen LogP contribution is -2.43. The number of nitrogens with zero attached hydrogens (tertiary/aromatic N) is 7. The van der Waals surface area contributed by atoms with Crippen LogP contribution < -0.4 is 9.64 Å². The molecule has 9 nitrogen and oxygen atoms in total. The van der Waals surface area contributed by atoms with Gasteiger partial charge in [0.05, 0.1) is 23.0 Å². The number of amides is 1. The quantitative estimate of drug-likeness (QED) is 0.205. The Hall–Kier alpha value is -4.64. The average Bonchev–Trinajstić information content (AvgIpc) is 3.70. The van der Waals surface area contributed by atoms with E-state index in [1.54, 1.807) is 24.4 Å². The van der Waals surface area contributed by atoms with Gasteiger partial charge in [0.25, 0.3) is 5.91 Å². The molecule has 2 aromatic carbocycles. The summed E-state index contributed by atoms with van der Waals surface area (Å²) in [5, 5.41) is 1.44. The van der Waals surface area contributed by atoms with E-state index in [-0.39, 0.29) is 28.7 Å². The van der Waals surface area contributed by atoms with Gasteiger partial charge in [-0.15, -0.1) is 0 Å². The molecule has 4 aliphatic rings. The molecule has 0 aliphatic carbocycles. The highest BCUT2D eigenvalue weighted by molar-refractivity contribution is 5.99. The normalized spacial score (nSPS) is 18.8. The van der Waals surface area contributed by atoms with Crippen molar-refractivity contribution in [3.63, 3.8) is 0 Å². The molecular weight excluding hydrogens is 624 g/mol. The molecule has 3 aromatic heterocycles. The van der Waals surface area contributed by atoms with Crippen molar-refractivity contribution < 1.29 is 18.3 Å². The minimum atomic E-state index is -0.639. The van der Waals surface area contributed by atoms with Gasteiger partial charge in [0.2, 0.25) is 0 Å². The zero-order chi connectivity index (χ0) is 33.3. The first kappa shape index (κ1) is 30.4. The molecule has 7 heterocycles. The molecular formula is C38H39F2N7O2. The number of aromatic nitrogens is 4. The van der Waals surface area contributed by atoms with Crippen LogP contribution in [0.15, 0.2) is 48.8 Å². The molecule has 49 heavy (non-hydrogen) atoms. The Kier molecular flexibility index (Phi) is 7.30. The van der Waals surface area contributed by atoms with Gasteiger partial charge >= 0.3 is 6.01 Å². The Balaban J connectivity index is 1.15. The van der Waals surface area contributed by atoms with Crippen LogP contribution in [-0.2, 0) is 13.1 Å². The van der Waals surface area contributed by atoms with Crippen LogP contribution in [0.3, 0.4) is 0 Å². The standard InChI is InChI=1S/C38H39F2N7O2/c1-24-28(36(48)44-14-6-15-44)21-45-16-7-17-46(22-30(24)45)35-27-20-41-33(26-10-2-8-25-9-3-11-29(39)31(25)26)32(40)34(27)42-37(43-35)49-23-38-12-4-18-47(38)19-5-13-38/h2-3,8-11,20-21H,4-7,12-19,22-23H2,1H3. The van der Waals surface area contributed by atoms with Crippen LogP contribution in [-0.4, -0.2) is 80.1 Å². The lowest BCUT2D eigenvalue weighted by molar-refractivity contribution is 0.0651. The second-order valence-corrected chi connectivity index (χ2v) is 14.1. The summed E-state index contributed by atoms with van der Waals surface area (Å²) in [6.07, 6.45) is 9.83.